The third kappa shape index (κ3) is 3.64. The van der Waals surface area contributed by atoms with Gasteiger partial charge < -0.3 is 0 Å². The highest BCUT2D eigenvalue weighted by Gasteiger charge is 2.35. The number of rotatable bonds is 2. The van der Waals surface area contributed by atoms with Crippen LogP contribution in [0.4, 0.5) is 11.4 Å². The minimum absolute atomic E-state index is 0.210. The molecule has 7 rings (SSSR count). The molecule has 0 radical (unpaired) electrons. The van der Waals surface area contributed by atoms with E-state index in [1.54, 1.807) is 0 Å². The van der Waals surface area contributed by atoms with Crippen molar-refractivity contribution < 1.29 is 0 Å². The summed E-state index contributed by atoms with van der Waals surface area (Å²) in [5.41, 5.74) is 9.79. The van der Waals surface area contributed by atoms with Gasteiger partial charge in [-0.15, -0.1) is 10.2 Å². The first-order chi connectivity index (χ1) is 19.1. The molecular weight excluding hydrogens is 490 g/mol. The van der Waals surface area contributed by atoms with Crippen LogP contribution < -0.4 is 10.7 Å². The van der Waals surface area contributed by atoms with Gasteiger partial charge in [-0.2, -0.15) is 0 Å². The molecule has 0 spiro atoms. The number of benzene rings is 4. The summed E-state index contributed by atoms with van der Waals surface area (Å²) in [7, 11) is 0. The predicted octanol–water partition coefficient (Wildman–Crippen LogP) is 7.28. The Hall–Kier alpha value is -4.51. The lowest BCUT2D eigenvalue weighted by Crippen LogP contribution is -2.26. The van der Waals surface area contributed by atoms with Gasteiger partial charge in [0, 0.05) is 38.1 Å². The maximum absolute atomic E-state index is 5.14. The van der Waals surface area contributed by atoms with E-state index in [0.29, 0.717) is 0 Å². The van der Waals surface area contributed by atoms with Gasteiger partial charge in [0.2, 0.25) is 0 Å². The van der Waals surface area contributed by atoms with E-state index >= 15 is 0 Å². The van der Waals surface area contributed by atoms with Crippen LogP contribution >= 0.6 is 0 Å². The van der Waals surface area contributed by atoms with Crippen LogP contribution in [0, 0.1) is 10.4 Å². The molecule has 0 amide bonds. The van der Waals surface area contributed by atoms with Gasteiger partial charge in [0.25, 0.3) is 0 Å². The zero-order chi connectivity index (χ0) is 27.8. The molecule has 0 saturated carbocycles. The molecule has 196 valence electrons. The summed E-state index contributed by atoms with van der Waals surface area (Å²) in [6, 6.07) is 27.5. The third-order valence-corrected chi connectivity index (χ3v) is 7.80. The predicted molar refractivity (Wildman–Crippen MR) is 159 cm³/mol. The van der Waals surface area contributed by atoms with Crippen molar-refractivity contribution in [3.05, 3.63) is 111 Å². The Morgan fingerprint density at radius 2 is 1.30 bits per heavy atom. The van der Waals surface area contributed by atoms with Gasteiger partial charge in [0.05, 0.1) is 27.8 Å². The van der Waals surface area contributed by atoms with E-state index in [1.807, 2.05) is 6.07 Å². The highest BCUT2D eigenvalue weighted by atomic mass is 15.3. The molecule has 0 N–H and O–H groups in total. The molecule has 40 heavy (non-hydrogen) atoms. The van der Waals surface area contributed by atoms with Crippen molar-refractivity contribution in [3.8, 4) is 33.5 Å². The van der Waals surface area contributed by atoms with Crippen LogP contribution in [0.15, 0.2) is 88.8 Å². The van der Waals surface area contributed by atoms with Crippen molar-refractivity contribution in [2.24, 2.45) is 9.98 Å². The maximum atomic E-state index is 5.14. The van der Waals surface area contributed by atoms with E-state index in [2.05, 4.69) is 125 Å². The average Bonchev–Trinajstić information content (AvgIpc) is 3.50. The number of para-hydroxylation sites is 1. The van der Waals surface area contributed by atoms with Gasteiger partial charge >= 0.3 is 0 Å². The Morgan fingerprint density at radius 3 is 2.05 bits per heavy atom. The maximum Gasteiger partial charge on any atom is 0.102 e. The van der Waals surface area contributed by atoms with Crippen molar-refractivity contribution in [3.63, 3.8) is 0 Å². The fourth-order valence-corrected chi connectivity index (χ4v) is 6.08. The van der Waals surface area contributed by atoms with Gasteiger partial charge in [-0.1, -0.05) is 96.1 Å². The van der Waals surface area contributed by atoms with Crippen LogP contribution in [0.5, 0.6) is 0 Å². The summed E-state index contributed by atoms with van der Waals surface area (Å²) < 4.78 is 0. The first-order valence-corrected chi connectivity index (χ1v) is 13.8. The average molecular weight is 522 g/mol. The lowest BCUT2D eigenvalue weighted by Gasteiger charge is -2.30. The Bertz CT molecular complexity index is 2060. The van der Waals surface area contributed by atoms with Crippen molar-refractivity contribution >= 4 is 11.4 Å². The molecule has 5 heteroatoms. The summed E-state index contributed by atoms with van der Waals surface area (Å²) in [5, 5.41) is 18.0. The molecule has 0 aliphatic carbocycles. The molecule has 5 nitrogen and oxygen atoms in total. The van der Waals surface area contributed by atoms with E-state index in [1.165, 1.54) is 0 Å². The summed E-state index contributed by atoms with van der Waals surface area (Å²) in [4.78, 5) is 10.3. The summed E-state index contributed by atoms with van der Waals surface area (Å²) in [6.45, 7) is 13.3. The second-order valence-electron chi connectivity index (χ2n) is 12.7. The zero-order valence-electron chi connectivity index (χ0n) is 23.7. The van der Waals surface area contributed by atoms with Crippen LogP contribution in [0.25, 0.3) is 33.5 Å². The fourth-order valence-electron chi connectivity index (χ4n) is 6.08. The molecule has 5 aromatic rings. The summed E-state index contributed by atoms with van der Waals surface area (Å²) >= 11 is 0. The fraction of sp³-hybridized carbons (Fsp3) is 0.229. The third-order valence-electron chi connectivity index (χ3n) is 7.80. The highest BCUT2D eigenvalue weighted by Crippen LogP contribution is 2.51. The number of nitrogens with zero attached hydrogens (tertiary/aromatic N) is 5. The van der Waals surface area contributed by atoms with Crippen LogP contribution in [0.1, 0.15) is 52.8 Å². The second-order valence-corrected chi connectivity index (χ2v) is 12.7. The molecule has 0 fully saturated rings. The Kier molecular flexibility index (Phi) is 5.21. The van der Waals surface area contributed by atoms with Crippen molar-refractivity contribution in [1.82, 2.24) is 15.4 Å². The van der Waals surface area contributed by atoms with Gasteiger partial charge in [-0.3, -0.25) is 0 Å². The van der Waals surface area contributed by atoms with Gasteiger partial charge in [-0.05, 0) is 46.0 Å². The molecule has 0 saturated heterocycles. The summed E-state index contributed by atoms with van der Waals surface area (Å²) in [5.74, 6) is 0. The van der Waals surface area contributed by atoms with E-state index < -0.39 is 0 Å². The lowest BCUT2D eigenvalue weighted by molar-refractivity contribution is 0.498. The smallest absolute Gasteiger partial charge is 0.102 e. The topological polar surface area (TPSA) is 63.4 Å². The number of hydrogen-bond donors (Lipinski definition) is 0. The van der Waals surface area contributed by atoms with Gasteiger partial charge in [0.1, 0.15) is 5.69 Å². The van der Waals surface area contributed by atoms with Crippen LogP contribution in [-0.4, -0.2) is 15.4 Å². The standard InChI is InChI=1S/C35H31N5/c1-34(2,3)30-32(38-40-39-33(30)35(4,5)6)27-21(20-12-8-7-9-13-20)16-18-25-28(27)29-26(36-25)19-17-23-22-14-10-11-15-24(22)37-31(23)29/h7-19H,1-6H3. The lowest BCUT2D eigenvalue weighted by atomic mass is 9.75. The number of hydrogen-bond acceptors (Lipinski definition) is 5. The largest absolute Gasteiger partial charge is 0.248 e. The molecule has 4 aromatic carbocycles. The quantitative estimate of drug-likeness (QED) is 0.240. The zero-order valence-corrected chi connectivity index (χ0v) is 23.7. The Balaban J connectivity index is 1.66. The second kappa shape index (κ2) is 8.49. The first-order valence-electron chi connectivity index (χ1n) is 13.8. The normalized spacial score (nSPS) is 13.2. The van der Waals surface area contributed by atoms with Gasteiger partial charge in [-0.25, -0.2) is 9.98 Å². The molecule has 0 atom stereocenters. The number of fused-ring (bicyclic) bond motifs is 6. The molecule has 3 heterocycles. The molecule has 1 aromatic heterocycles. The molecular formula is C35H31N5. The molecule has 0 bridgehead atoms. The molecule has 2 aliphatic rings. The highest BCUT2D eigenvalue weighted by molar-refractivity contribution is 6.03. The SMILES string of the molecule is CC(C)(C)c1nnnc(-c2c(-c3ccccc3)ccc3c2-c2c4c(ccc2=N3)=c2ccccc2=N4)c1C(C)(C)C. The van der Waals surface area contributed by atoms with E-state index in [0.717, 1.165) is 77.3 Å². The number of aromatic nitrogens is 3. The van der Waals surface area contributed by atoms with Gasteiger partial charge in [0.15, 0.2) is 0 Å². The van der Waals surface area contributed by atoms with E-state index in [4.69, 9.17) is 15.1 Å². The molecule has 2 aliphatic heterocycles. The van der Waals surface area contributed by atoms with Crippen LogP contribution in [0.2, 0.25) is 0 Å². The Labute approximate surface area is 233 Å². The van der Waals surface area contributed by atoms with Crippen LogP contribution in [-0.2, 0) is 10.8 Å². The van der Waals surface area contributed by atoms with Crippen LogP contribution in [0.3, 0.4) is 0 Å². The minimum atomic E-state index is -0.227. The first kappa shape index (κ1) is 24.5. The summed E-state index contributed by atoms with van der Waals surface area (Å²) in [6.07, 6.45) is 0. The van der Waals surface area contributed by atoms with E-state index in [-0.39, 0.29) is 10.8 Å². The van der Waals surface area contributed by atoms with E-state index in [9.17, 15) is 0 Å². The molecule has 0 unspecified atom stereocenters. The minimum Gasteiger partial charge on any atom is -0.248 e. The van der Waals surface area contributed by atoms with Crippen molar-refractivity contribution in [2.45, 2.75) is 52.4 Å². The Morgan fingerprint density at radius 1 is 0.550 bits per heavy atom. The van der Waals surface area contributed by atoms with Crippen molar-refractivity contribution in [2.75, 3.05) is 0 Å². The van der Waals surface area contributed by atoms with Crippen molar-refractivity contribution in [1.29, 1.82) is 0 Å². The monoisotopic (exact) mass is 521 g/mol.